The van der Waals surface area contributed by atoms with E-state index in [0.717, 1.165) is 0 Å². The van der Waals surface area contributed by atoms with Crippen molar-refractivity contribution in [2.24, 2.45) is 10.9 Å². The second-order valence-electron chi connectivity index (χ2n) is 4.01. The van der Waals surface area contributed by atoms with Gasteiger partial charge in [-0.2, -0.15) is 0 Å². The predicted molar refractivity (Wildman–Crippen MR) is 74.9 cm³/mol. The van der Waals surface area contributed by atoms with Gasteiger partial charge in [0.05, 0.1) is 0 Å². The van der Waals surface area contributed by atoms with E-state index in [4.69, 9.17) is 10.9 Å². The highest BCUT2D eigenvalue weighted by Gasteiger charge is 2.10. The Labute approximate surface area is 119 Å². The summed E-state index contributed by atoms with van der Waals surface area (Å²) in [4.78, 5) is 0.488. The van der Waals surface area contributed by atoms with Crippen LogP contribution in [0.15, 0.2) is 52.5 Å². The molecule has 2 rings (SSSR count). The molecule has 0 radical (unpaired) electrons. The molecule has 0 saturated carbocycles. The number of halogens is 2. The van der Waals surface area contributed by atoms with Gasteiger partial charge < -0.3 is 10.9 Å². The Bertz CT molecular complexity index is 647. The third kappa shape index (κ3) is 3.27. The summed E-state index contributed by atoms with van der Waals surface area (Å²) in [6.45, 7) is 0. The van der Waals surface area contributed by atoms with Gasteiger partial charge in [0.1, 0.15) is 11.6 Å². The molecular weight excluding hydrogens is 282 g/mol. The van der Waals surface area contributed by atoms with Crippen LogP contribution < -0.4 is 5.73 Å². The predicted octanol–water partition coefficient (Wildman–Crippen LogP) is 3.35. The van der Waals surface area contributed by atoms with Crippen LogP contribution in [0.2, 0.25) is 0 Å². The Morgan fingerprint density at radius 2 is 1.95 bits per heavy atom. The third-order valence-electron chi connectivity index (χ3n) is 2.68. The summed E-state index contributed by atoms with van der Waals surface area (Å²) >= 11 is 1.26. The fourth-order valence-corrected chi connectivity index (χ4v) is 2.63. The number of thioether (sulfide) groups is 1. The number of nitrogens with zero attached hydrogens (tertiary/aromatic N) is 1. The van der Waals surface area contributed by atoms with Gasteiger partial charge in [0, 0.05) is 16.2 Å². The molecule has 2 aromatic carbocycles. The van der Waals surface area contributed by atoms with Gasteiger partial charge in [-0.3, -0.25) is 0 Å². The monoisotopic (exact) mass is 294 g/mol. The molecule has 3 nitrogen and oxygen atoms in total. The first-order chi connectivity index (χ1) is 9.61. The van der Waals surface area contributed by atoms with Crippen LogP contribution in [-0.2, 0) is 5.75 Å². The molecule has 2 aromatic rings. The first-order valence-corrected chi connectivity index (χ1v) is 6.74. The molecule has 0 spiro atoms. The van der Waals surface area contributed by atoms with Crippen molar-refractivity contribution in [3.63, 3.8) is 0 Å². The molecule has 0 fully saturated rings. The van der Waals surface area contributed by atoms with Crippen molar-refractivity contribution >= 4 is 17.6 Å². The summed E-state index contributed by atoms with van der Waals surface area (Å²) in [6, 6.07) is 10.4. The van der Waals surface area contributed by atoms with Crippen LogP contribution in [0.1, 0.15) is 11.1 Å². The largest absolute Gasteiger partial charge is 0.409 e. The topological polar surface area (TPSA) is 58.6 Å². The van der Waals surface area contributed by atoms with Gasteiger partial charge in [-0.05, 0) is 29.8 Å². The van der Waals surface area contributed by atoms with Crippen molar-refractivity contribution in [2.75, 3.05) is 0 Å². The van der Waals surface area contributed by atoms with Crippen LogP contribution in [-0.4, -0.2) is 11.0 Å². The molecule has 0 saturated heterocycles. The Kier molecular flexibility index (Phi) is 4.57. The van der Waals surface area contributed by atoms with Gasteiger partial charge >= 0.3 is 0 Å². The average molecular weight is 294 g/mol. The SMILES string of the molecule is NC(=NO)c1cc(F)ccc1CSc1ccccc1F. The summed E-state index contributed by atoms with van der Waals surface area (Å²) in [6.07, 6.45) is 0. The van der Waals surface area contributed by atoms with E-state index in [1.54, 1.807) is 18.2 Å². The molecule has 0 aliphatic carbocycles. The number of benzene rings is 2. The van der Waals surface area contributed by atoms with Crippen LogP contribution >= 0.6 is 11.8 Å². The van der Waals surface area contributed by atoms with Crippen molar-refractivity contribution in [1.29, 1.82) is 0 Å². The minimum atomic E-state index is -0.480. The molecule has 0 amide bonds. The van der Waals surface area contributed by atoms with E-state index in [1.807, 2.05) is 0 Å². The summed E-state index contributed by atoms with van der Waals surface area (Å²) in [5.41, 5.74) is 6.48. The smallest absolute Gasteiger partial charge is 0.170 e. The van der Waals surface area contributed by atoms with Gasteiger partial charge in [0.25, 0.3) is 0 Å². The van der Waals surface area contributed by atoms with Gasteiger partial charge in [-0.15, -0.1) is 11.8 Å². The minimum absolute atomic E-state index is 0.173. The maximum atomic E-state index is 13.5. The second-order valence-corrected chi connectivity index (χ2v) is 5.02. The van der Waals surface area contributed by atoms with Crippen LogP contribution in [0, 0.1) is 11.6 Å². The van der Waals surface area contributed by atoms with Gasteiger partial charge in [0.2, 0.25) is 0 Å². The van der Waals surface area contributed by atoms with Crippen LogP contribution in [0.4, 0.5) is 8.78 Å². The van der Waals surface area contributed by atoms with Crippen molar-refractivity contribution in [3.8, 4) is 0 Å². The first kappa shape index (κ1) is 14.3. The fraction of sp³-hybridized carbons (Fsp3) is 0.0714. The maximum Gasteiger partial charge on any atom is 0.170 e. The van der Waals surface area contributed by atoms with Crippen molar-refractivity contribution in [3.05, 3.63) is 65.2 Å². The normalized spacial score (nSPS) is 11.6. The van der Waals surface area contributed by atoms with Crippen LogP contribution in [0.5, 0.6) is 0 Å². The highest BCUT2D eigenvalue weighted by Crippen LogP contribution is 2.26. The Morgan fingerprint density at radius 3 is 2.65 bits per heavy atom. The summed E-state index contributed by atoms with van der Waals surface area (Å²) in [7, 11) is 0. The molecule has 0 aliphatic rings. The zero-order chi connectivity index (χ0) is 14.5. The van der Waals surface area contributed by atoms with Crippen molar-refractivity contribution in [1.82, 2.24) is 0 Å². The molecule has 0 heterocycles. The fourth-order valence-electron chi connectivity index (χ4n) is 1.68. The lowest BCUT2D eigenvalue weighted by Gasteiger charge is -2.09. The highest BCUT2D eigenvalue weighted by molar-refractivity contribution is 7.98. The number of hydrogen-bond donors (Lipinski definition) is 2. The lowest BCUT2D eigenvalue weighted by Crippen LogP contribution is -2.15. The second kappa shape index (κ2) is 6.38. The molecule has 3 N–H and O–H groups in total. The summed E-state index contributed by atoms with van der Waals surface area (Å²) in [5.74, 6) is -0.586. The quantitative estimate of drug-likeness (QED) is 0.299. The Hall–Kier alpha value is -2.08. The van der Waals surface area contributed by atoms with E-state index in [-0.39, 0.29) is 11.7 Å². The molecule has 0 aromatic heterocycles. The number of nitrogens with two attached hydrogens (primary N) is 1. The average Bonchev–Trinajstić information content (AvgIpc) is 2.46. The molecule has 20 heavy (non-hydrogen) atoms. The molecule has 0 aliphatic heterocycles. The van der Waals surface area contributed by atoms with E-state index in [0.29, 0.717) is 21.8 Å². The van der Waals surface area contributed by atoms with Crippen molar-refractivity contribution < 1.29 is 14.0 Å². The van der Waals surface area contributed by atoms with Crippen LogP contribution in [0.25, 0.3) is 0 Å². The summed E-state index contributed by atoms with van der Waals surface area (Å²) in [5, 5.41) is 11.6. The third-order valence-corrected chi connectivity index (χ3v) is 3.77. The lowest BCUT2D eigenvalue weighted by atomic mass is 10.1. The van der Waals surface area contributed by atoms with E-state index in [2.05, 4.69) is 5.16 Å². The van der Waals surface area contributed by atoms with E-state index in [9.17, 15) is 8.78 Å². The van der Waals surface area contributed by atoms with E-state index < -0.39 is 5.82 Å². The van der Waals surface area contributed by atoms with Crippen LogP contribution in [0.3, 0.4) is 0 Å². The molecule has 0 unspecified atom stereocenters. The van der Waals surface area contributed by atoms with Crippen molar-refractivity contribution in [2.45, 2.75) is 10.6 Å². The lowest BCUT2D eigenvalue weighted by molar-refractivity contribution is 0.318. The number of amidine groups is 1. The highest BCUT2D eigenvalue weighted by atomic mass is 32.2. The molecule has 0 atom stereocenters. The van der Waals surface area contributed by atoms with E-state index in [1.165, 1.54) is 36.0 Å². The summed E-state index contributed by atoms with van der Waals surface area (Å²) < 4.78 is 26.7. The molecule has 0 bridgehead atoms. The molecular formula is C14H12F2N2OS. The molecule has 6 heteroatoms. The molecule has 104 valence electrons. The number of hydrogen-bond acceptors (Lipinski definition) is 3. The Balaban J connectivity index is 2.24. The number of rotatable bonds is 4. The standard InChI is InChI=1S/C14H12F2N2OS/c15-10-6-5-9(11(7-10)14(17)18-19)8-20-13-4-2-1-3-12(13)16/h1-7,19H,8H2,(H2,17,18). The van der Waals surface area contributed by atoms with Gasteiger partial charge in [-0.1, -0.05) is 23.4 Å². The maximum absolute atomic E-state index is 13.5. The van der Waals surface area contributed by atoms with Gasteiger partial charge in [-0.25, -0.2) is 8.78 Å². The Morgan fingerprint density at radius 1 is 1.20 bits per heavy atom. The zero-order valence-electron chi connectivity index (χ0n) is 10.4. The zero-order valence-corrected chi connectivity index (χ0v) is 11.2. The number of oxime groups is 1. The minimum Gasteiger partial charge on any atom is -0.409 e. The first-order valence-electron chi connectivity index (χ1n) is 5.75. The van der Waals surface area contributed by atoms with E-state index >= 15 is 0 Å². The van der Waals surface area contributed by atoms with Gasteiger partial charge in [0.15, 0.2) is 5.84 Å².